The summed E-state index contributed by atoms with van der Waals surface area (Å²) < 4.78 is 14.9. The smallest absolute Gasteiger partial charge is 0.313 e. The predicted molar refractivity (Wildman–Crippen MR) is 108 cm³/mol. The van der Waals surface area contributed by atoms with Crippen LogP contribution in [0.3, 0.4) is 0 Å². The predicted octanol–water partition coefficient (Wildman–Crippen LogP) is 5.94. The van der Waals surface area contributed by atoms with Gasteiger partial charge in [0, 0.05) is 26.6 Å². The second kappa shape index (κ2) is 21.4. The first kappa shape index (κ1) is 26.1. The van der Waals surface area contributed by atoms with Gasteiger partial charge in [0.05, 0.1) is 0 Å². The summed E-state index contributed by atoms with van der Waals surface area (Å²) in [6, 6.07) is 0. The fraction of sp³-hybridized carbons (Fsp3) is 0.909. The molecule has 0 N–H and O–H groups in total. The van der Waals surface area contributed by atoms with Crippen molar-refractivity contribution >= 4 is 11.9 Å². The summed E-state index contributed by atoms with van der Waals surface area (Å²) in [5, 5.41) is 0. The summed E-state index contributed by atoms with van der Waals surface area (Å²) in [5.74, 6) is -0.720. The third-order valence-corrected chi connectivity index (χ3v) is 4.58. The molecule has 0 aromatic carbocycles. The third-order valence-electron chi connectivity index (χ3n) is 4.58. The Morgan fingerprint density at radius 2 is 1.07 bits per heavy atom. The van der Waals surface area contributed by atoms with Crippen LogP contribution >= 0.6 is 0 Å². The highest BCUT2D eigenvalue weighted by Crippen LogP contribution is 2.11. The number of hydrogen-bond donors (Lipinski definition) is 0. The Kier molecular flexibility index (Phi) is 20.6. The van der Waals surface area contributed by atoms with Gasteiger partial charge in [0.2, 0.25) is 0 Å². The van der Waals surface area contributed by atoms with Crippen LogP contribution in [-0.4, -0.2) is 32.4 Å². The molecule has 0 spiro atoms. The van der Waals surface area contributed by atoms with E-state index in [1.54, 1.807) is 7.11 Å². The van der Waals surface area contributed by atoms with Crippen molar-refractivity contribution < 1.29 is 23.8 Å². The van der Waals surface area contributed by atoms with Gasteiger partial charge in [-0.1, -0.05) is 77.6 Å². The van der Waals surface area contributed by atoms with Gasteiger partial charge in [0.25, 0.3) is 0 Å². The number of ether oxygens (including phenoxy) is 3. The highest BCUT2D eigenvalue weighted by atomic mass is 16.7. The highest BCUT2D eigenvalue weighted by molar-refractivity contribution is 5.85. The Labute approximate surface area is 166 Å². The molecule has 0 aliphatic rings. The molecule has 0 heterocycles. The minimum atomic E-state index is -0.363. The van der Waals surface area contributed by atoms with Crippen molar-refractivity contribution in [2.75, 3.05) is 20.5 Å². The van der Waals surface area contributed by atoms with Gasteiger partial charge in [0.15, 0.2) is 0 Å². The van der Waals surface area contributed by atoms with Gasteiger partial charge in [-0.15, -0.1) is 0 Å². The lowest BCUT2D eigenvalue weighted by molar-refractivity contribution is -0.159. The Hall–Kier alpha value is -0.940. The molecule has 0 saturated carbocycles. The van der Waals surface area contributed by atoms with Crippen molar-refractivity contribution in [3.05, 3.63) is 0 Å². The van der Waals surface area contributed by atoms with Crippen molar-refractivity contribution in [2.24, 2.45) is 0 Å². The number of unbranched alkanes of at least 4 members (excludes halogenated alkanes) is 12. The lowest BCUT2D eigenvalue weighted by Crippen LogP contribution is -2.11. The van der Waals surface area contributed by atoms with E-state index in [4.69, 9.17) is 14.2 Å². The van der Waals surface area contributed by atoms with Crippen molar-refractivity contribution in [3.63, 3.8) is 0 Å². The lowest BCUT2D eigenvalue weighted by atomic mass is 10.1. The SMILES string of the molecule is CCCCCCCCCC(=O)OC(=O)CCCCCCCCCOCOC. The van der Waals surface area contributed by atoms with E-state index in [-0.39, 0.29) is 11.9 Å². The summed E-state index contributed by atoms with van der Waals surface area (Å²) in [6.07, 6.45) is 16.4. The van der Waals surface area contributed by atoms with E-state index < -0.39 is 0 Å². The molecule has 0 aromatic heterocycles. The number of esters is 2. The zero-order chi connectivity index (χ0) is 20.0. The highest BCUT2D eigenvalue weighted by Gasteiger charge is 2.09. The topological polar surface area (TPSA) is 61.8 Å². The molecular formula is C22H42O5. The molecule has 0 aromatic rings. The largest absolute Gasteiger partial charge is 0.393 e. The maximum Gasteiger partial charge on any atom is 0.313 e. The van der Waals surface area contributed by atoms with Gasteiger partial charge < -0.3 is 14.2 Å². The Bertz CT molecular complexity index is 344. The maximum absolute atomic E-state index is 11.7. The number of carbonyl (C=O) groups is 2. The Balaban J connectivity index is 3.32. The van der Waals surface area contributed by atoms with Crippen LogP contribution in [0, 0.1) is 0 Å². The van der Waals surface area contributed by atoms with E-state index >= 15 is 0 Å². The van der Waals surface area contributed by atoms with Crippen LogP contribution in [0.15, 0.2) is 0 Å². The van der Waals surface area contributed by atoms with Crippen molar-refractivity contribution in [3.8, 4) is 0 Å². The molecule has 0 amide bonds. The van der Waals surface area contributed by atoms with E-state index in [1.807, 2.05) is 0 Å². The molecule has 0 rings (SSSR count). The van der Waals surface area contributed by atoms with Crippen LogP contribution in [0.25, 0.3) is 0 Å². The monoisotopic (exact) mass is 386 g/mol. The Morgan fingerprint density at radius 3 is 1.56 bits per heavy atom. The lowest BCUT2D eigenvalue weighted by Gasteiger charge is -2.04. The first-order valence-corrected chi connectivity index (χ1v) is 11.0. The molecule has 160 valence electrons. The number of methoxy groups -OCH3 is 1. The van der Waals surface area contributed by atoms with Crippen LogP contribution < -0.4 is 0 Å². The molecule has 5 heteroatoms. The normalized spacial score (nSPS) is 10.9. The molecule has 0 unspecified atom stereocenters. The standard InChI is InChI=1S/C22H42O5/c1-3-4-5-6-8-11-14-17-21(23)27-22(24)18-15-12-9-7-10-13-16-19-26-20-25-2/h3-20H2,1-2H3. The molecule has 0 aliphatic heterocycles. The van der Waals surface area contributed by atoms with Crippen LogP contribution in [-0.2, 0) is 23.8 Å². The second-order valence-corrected chi connectivity index (χ2v) is 7.26. The van der Waals surface area contributed by atoms with E-state index in [9.17, 15) is 9.59 Å². The van der Waals surface area contributed by atoms with E-state index in [1.165, 1.54) is 51.4 Å². The summed E-state index contributed by atoms with van der Waals surface area (Å²) in [4.78, 5) is 23.3. The van der Waals surface area contributed by atoms with Crippen LogP contribution in [0.5, 0.6) is 0 Å². The zero-order valence-electron chi connectivity index (χ0n) is 17.8. The van der Waals surface area contributed by atoms with E-state index in [2.05, 4.69) is 6.92 Å². The minimum Gasteiger partial charge on any atom is -0.393 e. The van der Waals surface area contributed by atoms with Gasteiger partial charge >= 0.3 is 11.9 Å². The van der Waals surface area contributed by atoms with E-state index in [0.717, 1.165) is 45.1 Å². The van der Waals surface area contributed by atoms with Gasteiger partial charge in [-0.05, 0) is 19.3 Å². The van der Waals surface area contributed by atoms with Crippen LogP contribution in [0.4, 0.5) is 0 Å². The molecule has 0 fully saturated rings. The summed E-state index contributed by atoms with van der Waals surface area (Å²) in [7, 11) is 1.63. The molecule has 0 atom stereocenters. The first-order valence-electron chi connectivity index (χ1n) is 11.0. The fourth-order valence-electron chi connectivity index (χ4n) is 2.96. The molecule has 0 radical (unpaired) electrons. The maximum atomic E-state index is 11.7. The first-order chi connectivity index (χ1) is 13.2. The molecule has 27 heavy (non-hydrogen) atoms. The molecule has 5 nitrogen and oxygen atoms in total. The molecule has 0 aliphatic carbocycles. The quantitative estimate of drug-likeness (QED) is 0.112. The Morgan fingerprint density at radius 1 is 0.630 bits per heavy atom. The third kappa shape index (κ3) is 21.2. The second-order valence-electron chi connectivity index (χ2n) is 7.26. The van der Waals surface area contributed by atoms with Gasteiger partial charge in [0.1, 0.15) is 6.79 Å². The van der Waals surface area contributed by atoms with Gasteiger partial charge in [-0.25, -0.2) is 0 Å². The fourth-order valence-corrected chi connectivity index (χ4v) is 2.96. The van der Waals surface area contributed by atoms with Crippen LogP contribution in [0.1, 0.15) is 110 Å². The summed E-state index contributed by atoms with van der Waals surface area (Å²) in [5.41, 5.74) is 0. The molecule has 0 bridgehead atoms. The summed E-state index contributed by atoms with van der Waals surface area (Å²) >= 11 is 0. The number of hydrogen-bond acceptors (Lipinski definition) is 5. The van der Waals surface area contributed by atoms with Crippen molar-refractivity contribution in [2.45, 2.75) is 110 Å². The summed E-state index contributed by atoms with van der Waals surface area (Å²) in [6.45, 7) is 3.33. The zero-order valence-corrected chi connectivity index (χ0v) is 17.8. The molecular weight excluding hydrogens is 344 g/mol. The van der Waals surface area contributed by atoms with Gasteiger partial charge in [-0.2, -0.15) is 0 Å². The number of rotatable bonds is 20. The van der Waals surface area contributed by atoms with Gasteiger partial charge in [-0.3, -0.25) is 9.59 Å². The molecule has 0 saturated heterocycles. The van der Waals surface area contributed by atoms with Crippen LogP contribution in [0.2, 0.25) is 0 Å². The van der Waals surface area contributed by atoms with Crippen molar-refractivity contribution in [1.29, 1.82) is 0 Å². The minimum absolute atomic E-state index is 0.355. The van der Waals surface area contributed by atoms with Crippen molar-refractivity contribution in [1.82, 2.24) is 0 Å². The van der Waals surface area contributed by atoms with E-state index in [0.29, 0.717) is 19.6 Å². The average Bonchev–Trinajstić information content (AvgIpc) is 2.65. The number of carbonyl (C=O) groups excluding carboxylic acids is 2. The average molecular weight is 387 g/mol.